The van der Waals surface area contributed by atoms with Gasteiger partial charge in [0.25, 0.3) is 5.91 Å². The van der Waals surface area contributed by atoms with Gasteiger partial charge in [-0.1, -0.05) is 61.5 Å². The summed E-state index contributed by atoms with van der Waals surface area (Å²) in [6, 6.07) is 18.5. The van der Waals surface area contributed by atoms with Gasteiger partial charge in [-0.15, -0.1) is 0 Å². The number of hydroxylamine groups is 1. The smallest absolute Gasteiger partial charge is 0.332 e. The fourth-order valence-electron chi connectivity index (χ4n) is 4.96. The number of hydrogen-bond acceptors (Lipinski definition) is 7. The van der Waals surface area contributed by atoms with E-state index in [0.717, 1.165) is 44.3 Å². The zero-order valence-corrected chi connectivity index (χ0v) is 25.6. The first-order valence-electron chi connectivity index (χ1n) is 15.6. The maximum Gasteiger partial charge on any atom is 0.332 e. The molecule has 1 saturated heterocycles. The Labute approximate surface area is 256 Å². The summed E-state index contributed by atoms with van der Waals surface area (Å²) in [6.07, 6.45) is 7.07. The Hall–Kier alpha value is -3.27. The van der Waals surface area contributed by atoms with Gasteiger partial charge in [0.2, 0.25) is 5.91 Å². The van der Waals surface area contributed by atoms with E-state index in [9.17, 15) is 14.4 Å². The molecule has 2 aromatic rings. The third-order valence-corrected chi connectivity index (χ3v) is 7.43. The standard InChI is InChI=1S/C34H48N2O7/c1-2-20-40-21-22-41-23-24-42-27-33(38)36-18-16-31(17-19-36)26-34(39)43-35-32(37)25-30-14-12-29(13-15-30)11-7-6-10-28-8-4-3-5-9-28/h3-5,8-9,12-15,31H,2,6-7,10-11,16-27H2,1H3,(H,35,37). The van der Waals surface area contributed by atoms with Crippen molar-refractivity contribution in [1.82, 2.24) is 10.4 Å². The number of likely N-dealkylation sites (tertiary alicyclic amines) is 1. The second kappa shape index (κ2) is 20.6. The average Bonchev–Trinajstić information content (AvgIpc) is 3.03. The number of unbranched alkanes of at least 4 members (excludes halogenated alkanes) is 1. The van der Waals surface area contributed by atoms with Crippen LogP contribution in [-0.2, 0) is 52.7 Å². The number of rotatable bonds is 19. The van der Waals surface area contributed by atoms with Gasteiger partial charge in [-0.2, -0.15) is 5.48 Å². The number of carbonyl (C=O) groups is 3. The fraction of sp³-hybridized carbons (Fsp3) is 0.559. The van der Waals surface area contributed by atoms with E-state index in [1.165, 1.54) is 11.1 Å². The van der Waals surface area contributed by atoms with Gasteiger partial charge in [0.15, 0.2) is 0 Å². The minimum atomic E-state index is -0.465. The molecule has 2 amide bonds. The summed E-state index contributed by atoms with van der Waals surface area (Å²) >= 11 is 0. The van der Waals surface area contributed by atoms with Crippen molar-refractivity contribution < 1.29 is 33.4 Å². The highest BCUT2D eigenvalue weighted by Crippen LogP contribution is 2.21. The number of carbonyl (C=O) groups excluding carboxylic acids is 3. The van der Waals surface area contributed by atoms with E-state index >= 15 is 0 Å². The van der Waals surface area contributed by atoms with Crippen LogP contribution in [-0.4, -0.2) is 75.4 Å². The number of hydrogen-bond donors (Lipinski definition) is 1. The molecular weight excluding hydrogens is 548 g/mol. The number of aryl methyl sites for hydroxylation is 2. The van der Waals surface area contributed by atoms with Gasteiger partial charge in [-0.3, -0.25) is 9.59 Å². The number of nitrogens with zero attached hydrogens (tertiary/aromatic N) is 1. The molecule has 43 heavy (non-hydrogen) atoms. The molecule has 1 N–H and O–H groups in total. The van der Waals surface area contributed by atoms with Crippen molar-refractivity contribution in [3.8, 4) is 0 Å². The van der Waals surface area contributed by atoms with Crippen molar-refractivity contribution in [3.05, 3.63) is 71.3 Å². The van der Waals surface area contributed by atoms with Gasteiger partial charge in [0.05, 0.1) is 39.3 Å². The molecule has 0 saturated carbocycles. The molecule has 0 aliphatic carbocycles. The third-order valence-electron chi connectivity index (χ3n) is 7.43. The highest BCUT2D eigenvalue weighted by molar-refractivity contribution is 5.80. The summed E-state index contributed by atoms with van der Waals surface area (Å²) in [5, 5.41) is 0. The van der Waals surface area contributed by atoms with Gasteiger partial charge in [-0.25, -0.2) is 4.79 Å². The molecule has 3 rings (SSSR count). The van der Waals surface area contributed by atoms with Gasteiger partial charge in [0.1, 0.15) is 6.61 Å². The molecule has 0 aromatic heterocycles. The predicted octanol–water partition coefficient (Wildman–Crippen LogP) is 4.46. The van der Waals surface area contributed by atoms with Crippen LogP contribution in [0.1, 0.15) is 62.1 Å². The molecule has 9 nitrogen and oxygen atoms in total. The van der Waals surface area contributed by atoms with Crippen LogP contribution in [0.25, 0.3) is 0 Å². The maximum atomic E-state index is 12.4. The van der Waals surface area contributed by atoms with E-state index in [4.69, 9.17) is 19.0 Å². The van der Waals surface area contributed by atoms with Crippen molar-refractivity contribution in [3.63, 3.8) is 0 Å². The zero-order valence-electron chi connectivity index (χ0n) is 25.6. The van der Waals surface area contributed by atoms with Crippen LogP contribution in [0.5, 0.6) is 0 Å². The van der Waals surface area contributed by atoms with Crippen molar-refractivity contribution in [2.24, 2.45) is 5.92 Å². The fourth-order valence-corrected chi connectivity index (χ4v) is 4.96. The molecule has 0 spiro atoms. The van der Waals surface area contributed by atoms with Crippen LogP contribution < -0.4 is 5.48 Å². The van der Waals surface area contributed by atoms with E-state index in [1.54, 1.807) is 4.90 Å². The molecule has 1 heterocycles. The quantitative estimate of drug-likeness (QED) is 0.189. The van der Waals surface area contributed by atoms with Crippen LogP contribution in [0, 0.1) is 5.92 Å². The number of benzene rings is 2. The first-order valence-corrected chi connectivity index (χ1v) is 15.6. The second-order valence-corrected chi connectivity index (χ2v) is 11.0. The number of nitrogens with one attached hydrogen (secondary N) is 1. The molecule has 1 fully saturated rings. The Kier molecular flexibility index (Phi) is 16.4. The molecule has 0 atom stereocenters. The second-order valence-electron chi connectivity index (χ2n) is 11.0. The summed E-state index contributed by atoms with van der Waals surface area (Å²) in [4.78, 5) is 43.8. The Morgan fingerprint density at radius 2 is 1.35 bits per heavy atom. The monoisotopic (exact) mass is 596 g/mol. The number of piperidine rings is 1. The molecule has 0 unspecified atom stereocenters. The largest absolute Gasteiger partial charge is 0.379 e. The number of amides is 2. The van der Waals surface area contributed by atoms with Crippen LogP contribution >= 0.6 is 0 Å². The first-order chi connectivity index (χ1) is 21.0. The Balaban J connectivity index is 1.20. The summed E-state index contributed by atoms with van der Waals surface area (Å²) in [7, 11) is 0. The van der Waals surface area contributed by atoms with E-state index in [1.807, 2.05) is 18.2 Å². The lowest BCUT2D eigenvalue weighted by molar-refractivity contribution is -0.159. The SMILES string of the molecule is CCCOCCOCCOCC(=O)N1CCC(CC(=O)ONC(=O)Cc2ccc(CCCCc3ccccc3)cc2)CC1. The summed E-state index contributed by atoms with van der Waals surface area (Å²) in [6.45, 7) is 5.80. The van der Waals surface area contributed by atoms with Crippen molar-refractivity contribution in [2.75, 3.05) is 52.7 Å². The topological polar surface area (TPSA) is 103 Å². The summed E-state index contributed by atoms with van der Waals surface area (Å²) < 4.78 is 16.2. The lowest BCUT2D eigenvalue weighted by Gasteiger charge is -2.31. The Morgan fingerprint density at radius 3 is 2.00 bits per heavy atom. The minimum absolute atomic E-state index is 0.0198. The van der Waals surface area contributed by atoms with Crippen molar-refractivity contribution >= 4 is 17.8 Å². The Morgan fingerprint density at radius 1 is 0.767 bits per heavy atom. The minimum Gasteiger partial charge on any atom is -0.379 e. The lowest BCUT2D eigenvalue weighted by Crippen LogP contribution is -2.41. The molecule has 2 aromatic carbocycles. The van der Waals surface area contributed by atoms with Crippen LogP contribution in [0.4, 0.5) is 0 Å². The molecule has 1 aliphatic heterocycles. The van der Waals surface area contributed by atoms with Crippen molar-refractivity contribution in [2.45, 2.75) is 64.7 Å². The predicted molar refractivity (Wildman–Crippen MR) is 164 cm³/mol. The third kappa shape index (κ3) is 14.6. The Bertz CT molecular complexity index is 1070. The molecule has 9 heteroatoms. The van der Waals surface area contributed by atoms with E-state index < -0.39 is 5.97 Å². The molecular formula is C34H48N2O7. The van der Waals surface area contributed by atoms with Crippen LogP contribution in [0.15, 0.2) is 54.6 Å². The summed E-state index contributed by atoms with van der Waals surface area (Å²) in [5.74, 6) is -0.777. The normalized spacial score (nSPS) is 13.6. The zero-order chi connectivity index (χ0) is 30.5. The van der Waals surface area contributed by atoms with Crippen LogP contribution in [0.3, 0.4) is 0 Å². The molecule has 0 bridgehead atoms. The first kappa shape index (κ1) is 34.2. The highest BCUT2D eigenvalue weighted by atomic mass is 16.7. The van der Waals surface area contributed by atoms with E-state index in [0.29, 0.717) is 52.4 Å². The van der Waals surface area contributed by atoms with Gasteiger partial charge >= 0.3 is 5.97 Å². The highest BCUT2D eigenvalue weighted by Gasteiger charge is 2.25. The van der Waals surface area contributed by atoms with Gasteiger partial charge in [0, 0.05) is 19.7 Å². The molecule has 1 aliphatic rings. The van der Waals surface area contributed by atoms with Crippen LogP contribution in [0.2, 0.25) is 0 Å². The van der Waals surface area contributed by atoms with Gasteiger partial charge < -0.3 is 23.9 Å². The van der Waals surface area contributed by atoms with E-state index in [2.05, 4.69) is 48.8 Å². The van der Waals surface area contributed by atoms with E-state index in [-0.39, 0.29) is 37.2 Å². The summed E-state index contributed by atoms with van der Waals surface area (Å²) in [5.41, 5.74) is 5.77. The number of ether oxygens (including phenoxy) is 3. The van der Waals surface area contributed by atoms with Gasteiger partial charge in [-0.05, 0) is 67.6 Å². The van der Waals surface area contributed by atoms with Crippen molar-refractivity contribution in [1.29, 1.82) is 0 Å². The lowest BCUT2D eigenvalue weighted by atomic mass is 9.93. The maximum absolute atomic E-state index is 12.4. The molecule has 236 valence electrons. The average molecular weight is 597 g/mol. The molecule has 0 radical (unpaired) electrons.